The predicted octanol–water partition coefficient (Wildman–Crippen LogP) is 0.133. The van der Waals surface area contributed by atoms with Gasteiger partial charge < -0.3 is 4.74 Å². The minimum atomic E-state index is 0.634. The summed E-state index contributed by atoms with van der Waals surface area (Å²) >= 11 is 0. The number of tetrazole rings is 1. The second-order valence-electron chi connectivity index (χ2n) is 2.02. The van der Waals surface area contributed by atoms with Gasteiger partial charge in [-0.1, -0.05) is 0 Å². The van der Waals surface area contributed by atoms with Crippen molar-refractivity contribution in [3.05, 3.63) is 18.3 Å². The van der Waals surface area contributed by atoms with Crippen molar-refractivity contribution in [3.8, 4) is 5.75 Å². The number of pyridine rings is 1. The summed E-state index contributed by atoms with van der Waals surface area (Å²) in [5, 5.41) is 11.0. The highest BCUT2D eigenvalue weighted by Crippen LogP contribution is 2.13. The number of fused-ring (bicyclic) bond motifs is 1. The summed E-state index contributed by atoms with van der Waals surface area (Å²) in [7, 11) is 1.59. The molecule has 0 spiro atoms. The maximum atomic E-state index is 5.02. The number of rotatable bonds is 1. The smallest absolute Gasteiger partial charge is 0.221 e. The maximum absolute atomic E-state index is 5.02. The number of hydrogen-bond acceptors (Lipinski definition) is 4. The molecule has 2 heterocycles. The summed E-state index contributed by atoms with van der Waals surface area (Å²) < 4.78 is 6.58. The van der Waals surface area contributed by atoms with E-state index < -0.39 is 0 Å². The van der Waals surface area contributed by atoms with Crippen molar-refractivity contribution in [2.45, 2.75) is 0 Å². The van der Waals surface area contributed by atoms with Crippen LogP contribution in [0.5, 0.6) is 5.75 Å². The van der Waals surface area contributed by atoms with Crippen molar-refractivity contribution < 1.29 is 4.74 Å². The van der Waals surface area contributed by atoms with Crippen molar-refractivity contribution >= 4 is 5.65 Å². The Morgan fingerprint density at radius 2 is 2.45 bits per heavy atom. The third kappa shape index (κ3) is 0.813. The van der Waals surface area contributed by atoms with Gasteiger partial charge >= 0.3 is 0 Å². The molecule has 5 heteroatoms. The summed E-state index contributed by atoms with van der Waals surface area (Å²) in [6.45, 7) is 0. The van der Waals surface area contributed by atoms with Crippen molar-refractivity contribution in [2.75, 3.05) is 7.11 Å². The molecule has 0 unspecified atom stereocenters. The van der Waals surface area contributed by atoms with Crippen LogP contribution in [0.4, 0.5) is 0 Å². The largest absolute Gasteiger partial charge is 0.493 e. The van der Waals surface area contributed by atoms with E-state index in [0.29, 0.717) is 11.4 Å². The molecule has 2 aromatic rings. The first kappa shape index (κ1) is 6.09. The van der Waals surface area contributed by atoms with E-state index in [2.05, 4.69) is 15.5 Å². The van der Waals surface area contributed by atoms with Crippen LogP contribution >= 0.6 is 0 Å². The quantitative estimate of drug-likeness (QED) is 0.580. The Bertz CT molecular complexity index is 369. The second kappa shape index (κ2) is 2.19. The van der Waals surface area contributed by atoms with Crippen LogP contribution in [0, 0.1) is 0 Å². The van der Waals surface area contributed by atoms with Crippen LogP contribution in [0.15, 0.2) is 18.3 Å². The Kier molecular flexibility index (Phi) is 1.21. The van der Waals surface area contributed by atoms with Crippen LogP contribution in [-0.4, -0.2) is 27.2 Å². The van der Waals surface area contributed by atoms with Crippen molar-refractivity contribution in [3.63, 3.8) is 0 Å². The lowest BCUT2D eigenvalue weighted by molar-refractivity contribution is 0.416. The van der Waals surface area contributed by atoms with Crippen LogP contribution in [0.25, 0.3) is 5.65 Å². The van der Waals surface area contributed by atoms with Gasteiger partial charge in [0.2, 0.25) is 5.65 Å². The van der Waals surface area contributed by atoms with Gasteiger partial charge in [0, 0.05) is 6.20 Å². The van der Waals surface area contributed by atoms with E-state index in [1.165, 1.54) is 0 Å². The third-order valence-electron chi connectivity index (χ3n) is 1.41. The summed E-state index contributed by atoms with van der Waals surface area (Å²) in [4.78, 5) is 0. The molecule has 0 N–H and O–H groups in total. The van der Waals surface area contributed by atoms with Gasteiger partial charge in [0.05, 0.1) is 7.11 Å². The van der Waals surface area contributed by atoms with E-state index >= 15 is 0 Å². The molecule has 2 rings (SSSR count). The molecule has 0 fully saturated rings. The van der Waals surface area contributed by atoms with Gasteiger partial charge in [0.15, 0.2) is 5.75 Å². The number of methoxy groups -OCH3 is 1. The standard InChI is InChI=1S/C6H6N4O/c1-11-5-3-2-4-10-6(5)7-8-9-10/h2-4H,1H3. The van der Waals surface area contributed by atoms with Crippen molar-refractivity contribution in [1.82, 2.24) is 20.0 Å². The summed E-state index contributed by atoms with van der Waals surface area (Å²) in [5.41, 5.74) is 0.634. The lowest BCUT2D eigenvalue weighted by Crippen LogP contribution is -1.90. The number of hydrogen-bond donors (Lipinski definition) is 0. The Balaban J connectivity index is 2.79. The van der Waals surface area contributed by atoms with Crippen LogP contribution in [-0.2, 0) is 0 Å². The zero-order valence-corrected chi connectivity index (χ0v) is 5.93. The molecule has 2 aromatic heterocycles. The fraction of sp³-hybridized carbons (Fsp3) is 0.167. The molecule has 0 aliphatic carbocycles. The van der Waals surface area contributed by atoms with Crippen LogP contribution in [0.2, 0.25) is 0 Å². The van der Waals surface area contributed by atoms with E-state index in [4.69, 9.17) is 4.74 Å². The third-order valence-corrected chi connectivity index (χ3v) is 1.41. The van der Waals surface area contributed by atoms with Gasteiger partial charge in [0.25, 0.3) is 0 Å². The van der Waals surface area contributed by atoms with Crippen LogP contribution in [0.1, 0.15) is 0 Å². The van der Waals surface area contributed by atoms with Gasteiger partial charge in [0.1, 0.15) is 0 Å². The molecule has 0 aliphatic rings. The van der Waals surface area contributed by atoms with Gasteiger partial charge in [-0.15, -0.1) is 5.10 Å². The molecule has 0 radical (unpaired) electrons. The molecule has 0 bridgehead atoms. The molecule has 5 nitrogen and oxygen atoms in total. The lowest BCUT2D eigenvalue weighted by atomic mass is 10.4. The van der Waals surface area contributed by atoms with E-state index in [0.717, 1.165) is 0 Å². The topological polar surface area (TPSA) is 52.3 Å². The average Bonchev–Trinajstić information content (AvgIpc) is 2.50. The molecule has 0 atom stereocenters. The van der Waals surface area contributed by atoms with Gasteiger partial charge in [-0.05, 0) is 22.6 Å². The highest BCUT2D eigenvalue weighted by atomic mass is 16.5. The van der Waals surface area contributed by atoms with E-state index in [-0.39, 0.29) is 0 Å². The summed E-state index contributed by atoms with van der Waals surface area (Å²) in [5.74, 6) is 0.678. The molecular formula is C6H6N4O. The highest BCUT2D eigenvalue weighted by molar-refractivity contribution is 5.50. The lowest BCUT2D eigenvalue weighted by Gasteiger charge is -1.97. The Hall–Kier alpha value is -1.65. The molecule has 0 aliphatic heterocycles. The Morgan fingerprint density at radius 3 is 3.27 bits per heavy atom. The number of ether oxygens (including phenoxy) is 1. The number of aromatic nitrogens is 4. The monoisotopic (exact) mass is 150 g/mol. The molecule has 56 valence electrons. The zero-order valence-electron chi connectivity index (χ0n) is 5.93. The fourth-order valence-electron chi connectivity index (χ4n) is 0.902. The number of nitrogens with zero attached hydrogens (tertiary/aromatic N) is 4. The van der Waals surface area contributed by atoms with Crippen LogP contribution in [0.3, 0.4) is 0 Å². The van der Waals surface area contributed by atoms with Gasteiger partial charge in [-0.2, -0.15) is 4.52 Å². The Labute approximate surface area is 62.6 Å². The first-order valence-electron chi connectivity index (χ1n) is 3.12. The molecule has 0 saturated carbocycles. The summed E-state index contributed by atoms with van der Waals surface area (Å²) in [6.07, 6.45) is 1.76. The minimum absolute atomic E-state index is 0.634. The minimum Gasteiger partial charge on any atom is -0.493 e. The van der Waals surface area contributed by atoms with E-state index in [1.807, 2.05) is 12.1 Å². The molecule has 0 saturated heterocycles. The van der Waals surface area contributed by atoms with Crippen molar-refractivity contribution in [2.24, 2.45) is 0 Å². The first-order chi connectivity index (χ1) is 5.42. The SMILES string of the molecule is COc1cccn2nnnc12. The fourth-order valence-corrected chi connectivity index (χ4v) is 0.902. The molecule has 0 amide bonds. The average molecular weight is 150 g/mol. The normalized spacial score (nSPS) is 10.3. The van der Waals surface area contributed by atoms with Crippen molar-refractivity contribution in [1.29, 1.82) is 0 Å². The summed E-state index contributed by atoms with van der Waals surface area (Å²) in [6, 6.07) is 3.63. The van der Waals surface area contributed by atoms with Gasteiger partial charge in [-0.3, -0.25) is 0 Å². The predicted molar refractivity (Wildman–Crippen MR) is 37.3 cm³/mol. The molecule has 11 heavy (non-hydrogen) atoms. The van der Waals surface area contributed by atoms with E-state index in [1.54, 1.807) is 17.8 Å². The molecular weight excluding hydrogens is 144 g/mol. The second-order valence-corrected chi connectivity index (χ2v) is 2.02. The maximum Gasteiger partial charge on any atom is 0.221 e. The van der Waals surface area contributed by atoms with E-state index in [9.17, 15) is 0 Å². The Morgan fingerprint density at radius 1 is 1.55 bits per heavy atom. The first-order valence-corrected chi connectivity index (χ1v) is 3.12. The van der Waals surface area contributed by atoms with Gasteiger partial charge in [-0.25, -0.2) is 0 Å². The highest BCUT2D eigenvalue weighted by Gasteiger charge is 2.01. The molecule has 0 aromatic carbocycles. The zero-order chi connectivity index (χ0) is 7.68. The van der Waals surface area contributed by atoms with Crippen LogP contribution < -0.4 is 4.74 Å².